The summed E-state index contributed by atoms with van der Waals surface area (Å²) in [5.74, 6) is -0.146. The number of anilines is 1. The van der Waals surface area contributed by atoms with Crippen molar-refractivity contribution in [2.45, 2.75) is 19.9 Å². The van der Waals surface area contributed by atoms with Gasteiger partial charge in [-0.1, -0.05) is 0 Å². The molecule has 0 bridgehead atoms. The first-order valence-electron chi connectivity index (χ1n) is 13.4. The fraction of sp³-hybridized carbons (Fsp3) is 0.129. The van der Waals surface area contributed by atoms with E-state index in [1.165, 1.54) is 22.9 Å². The van der Waals surface area contributed by atoms with E-state index in [2.05, 4.69) is 15.4 Å². The molecule has 2 aromatic carbocycles. The smallest absolute Gasteiger partial charge is 0.335 e. The molecular weight excluding hydrogens is 553 g/mol. The third kappa shape index (κ3) is 5.33. The summed E-state index contributed by atoms with van der Waals surface area (Å²) in [6.45, 7) is 3.51. The minimum absolute atomic E-state index is 0.154. The molecule has 0 unspecified atom stereocenters. The highest BCUT2D eigenvalue weighted by Gasteiger charge is 2.20. The summed E-state index contributed by atoms with van der Waals surface area (Å²) in [7, 11) is 1.89. The predicted octanol–water partition coefficient (Wildman–Crippen LogP) is 4.81. The highest BCUT2D eigenvalue weighted by molar-refractivity contribution is 6.03. The first-order chi connectivity index (χ1) is 20.7. The number of hydrogen-bond donors (Lipinski definition) is 1. The van der Waals surface area contributed by atoms with Crippen LogP contribution >= 0.6 is 0 Å². The molecule has 6 aromatic rings. The van der Waals surface area contributed by atoms with Crippen molar-refractivity contribution in [3.8, 4) is 28.4 Å². The topological polar surface area (TPSA) is 117 Å². The summed E-state index contributed by atoms with van der Waals surface area (Å²) in [5.41, 5.74) is 1.22. The minimum Gasteiger partial charge on any atom is -0.455 e. The maximum atomic E-state index is 13.5. The van der Waals surface area contributed by atoms with Crippen LogP contribution in [0.3, 0.4) is 0 Å². The first kappa shape index (κ1) is 27.4. The Bertz CT molecular complexity index is 2090. The van der Waals surface area contributed by atoms with Crippen LogP contribution in [0.25, 0.3) is 22.5 Å². The monoisotopic (exact) mass is 579 g/mol. The molecule has 0 atom stereocenters. The van der Waals surface area contributed by atoms with Crippen LogP contribution in [0.5, 0.6) is 11.5 Å². The van der Waals surface area contributed by atoms with E-state index in [4.69, 9.17) is 4.74 Å². The maximum Gasteiger partial charge on any atom is 0.335 e. The van der Waals surface area contributed by atoms with Crippen molar-refractivity contribution < 1.29 is 13.9 Å². The molecule has 4 aromatic heterocycles. The highest BCUT2D eigenvalue weighted by atomic mass is 19.1. The summed E-state index contributed by atoms with van der Waals surface area (Å²) >= 11 is 0. The van der Waals surface area contributed by atoms with Gasteiger partial charge in [0, 0.05) is 42.9 Å². The fourth-order valence-corrected chi connectivity index (χ4v) is 4.63. The number of imidazole rings is 1. The number of pyridine rings is 1. The van der Waals surface area contributed by atoms with Crippen molar-refractivity contribution in [1.29, 1.82) is 0 Å². The maximum absolute atomic E-state index is 13.5. The second kappa shape index (κ2) is 10.9. The summed E-state index contributed by atoms with van der Waals surface area (Å²) in [6, 6.07) is 14.9. The number of hydrogen-bond acceptors (Lipinski definition) is 6. The molecule has 0 aliphatic rings. The molecule has 0 aliphatic carbocycles. The molecule has 12 heteroatoms. The molecule has 0 radical (unpaired) electrons. The molecule has 0 spiro atoms. The number of amides is 1. The van der Waals surface area contributed by atoms with Gasteiger partial charge in [0.25, 0.3) is 11.5 Å². The minimum atomic E-state index is -0.816. The molecular formula is C31H26FN7O4. The molecule has 6 rings (SSSR count). The third-order valence-electron chi connectivity index (χ3n) is 6.81. The van der Waals surface area contributed by atoms with Gasteiger partial charge >= 0.3 is 5.69 Å². The second-order valence-electron chi connectivity index (χ2n) is 10.2. The molecule has 0 aliphatic heterocycles. The molecule has 0 saturated carbocycles. The number of halogens is 1. The number of ether oxygens (including phenoxy) is 1. The van der Waals surface area contributed by atoms with E-state index in [0.29, 0.717) is 17.2 Å². The lowest BCUT2D eigenvalue weighted by Crippen LogP contribution is -2.42. The van der Waals surface area contributed by atoms with Crippen molar-refractivity contribution in [2.24, 2.45) is 7.05 Å². The quantitative estimate of drug-likeness (QED) is 0.290. The first-order valence-corrected chi connectivity index (χ1v) is 13.4. The number of carbonyl (C=O) groups is 1. The molecule has 11 nitrogen and oxygen atoms in total. The Morgan fingerprint density at radius 3 is 2.40 bits per heavy atom. The van der Waals surface area contributed by atoms with Gasteiger partial charge in [-0.25, -0.2) is 23.3 Å². The zero-order valence-electron chi connectivity index (χ0n) is 23.4. The van der Waals surface area contributed by atoms with Crippen molar-refractivity contribution in [1.82, 2.24) is 28.3 Å². The predicted molar refractivity (Wildman–Crippen MR) is 159 cm³/mol. The number of nitrogens with zero attached hydrogens (tertiary/aromatic N) is 6. The lowest BCUT2D eigenvalue weighted by atomic mass is 10.2. The van der Waals surface area contributed by atoms with Crippen LogP contribution in [-0.4, -0.2) is 34.2 Å². The van der Waals surface area contributed by atoms with Gasteiger partial charge in [-0.3, -0.25) is 14.2 Å². The van der Waals surface area contributed by atoms with E-state index in [0.717, 1.165) is 33.5 Å². The van der Waals surface area contributed by atoms with Crippen molar-refractivity contribution >= 4 is 17.1 Å². The van der Waals surface area contributed by atoms with Crippen LogP contribution in [0.1, 0.15) is 30.2 Å². The summed E-state index contributed by atoms with van der Waals surface area (Å²) in [6.07, 6.45) is 8.40. The van der Waals surface area contributed by atoms with Crippen LogP contribution in [0, 0.1) is 5.82 Å². The Balaban J connectivity index is 1.27. The largest absolute Gasteiger partial charge is 0.455 e. The Morgan fingerprint density at radius 2 is 1.72 bits per heavy atom. The SMILES string of the molecule is CC(C)n1cc(C(=O)Nc2ccc(Oc3cc(-c4cn(C)cn4)cn4nccc34)cc2)c(=O)n(-c2ccc(F)cc2)c1=O. The van der Waals surface area contributed by atoms with Crippen LogP contribution in [-0.2, 0) is 7.05 Å². The highest BCUT2D eigenvalue weighted by Crippen LogP contribution is 2.31. The van der Waals surface area contributed by atoms with Crippen molar-refractivity contribution in [3.63, 3.8) is 0 Å². The average Bonchev–Trinajstić information content (AvgIpc) is 3.64. The number of rotatable bonds is 7. The summed E-state index contributed by atoms with van der Waals surface area (Å²) in [4.78, 5) is 44.1. The molecule has 216 valence electrons. The molecule has 4 heterocycles. The van der Waals surface area contributed by atoms with Gasteiger partial charge in [-0.15, -0.1) is 0 Å². The van der Waals surface area contributed by atoms with Gasteiger partial charge in [0.2, 0.25) is 0 Å². The van der Waals surface area contributed by atoms with Crippen LogP contribution in [0.15, 0.2) is 101 Å². The standard InChI is InChI=1S/C31H26FN7O4/c1-19(2)37-16-25(30(41)39(31(37)42)23-8-4-21(32)5-9-23)29(40)35-22-6-10-24(11-7-22)43-28-14-20(26-17-36(3)18-33-26)15-38-27(28)12-13-34-38/h4-19H,1-3H3,(H,35,40). The van der Waals surface area contributed by atoms with Gasteiger partial charge < -0.3 is 14.6 Å². The van der Waals surface area contributed by atoms with E-state index in [1.807, 2.05) is 36.1 Å². The van der Waals surface area contributed by atoms with E-state index < -0.39 is 23.0 Å². The molecule has 1 N–H and O–H groups in total. The van der Waals surface area contributed by atoms with Gasteiger partial charge in [0.15, 0.2) is 5.75 Å². The average molecular weight is 580 g/mol. The van der Waals surface area contributed by atoms with Crippen LogP contribution < -0.4 is 21.3 Å². The van der Waals surface area contributed by atoms with Gasteiger partial charge in [-0.2, -0.15) is 5.10 Å². The van der Waals surface area contributed by atoms with Gasteiger partial charge in [0.05, 0.1) is 23.9 Å². The number of aromatic nitrogens is 6. The molecule has 43 heavy (non-hydrogen) atoms. The molecule has 0 saturated heterocycles. The summed E-state index contributed by atoms with van der Waals surface area (Å²) < 4.78 is 25.4. The van der Waals surface area contributed by atoms with Crippen LogP contribution in [0.4, 0.5) is 10.1 Å². The van der Waals surface area contributed by atoms with E-state index >= 15 is 0 Å². The Morgan fingerprint density at radius 1 is 0.977 bits per heavy atom. The Hall–Kier alpha value is -5.78. The second-order valence-corrected chi connectivity index (χ2v) is 10.2. The van der Waals surface area contributed by atoms with Crippen LogP contribution in [0.2, 0.25) is 0 Å². The lowest BCUT2D eigenvalue weighted by molar-refractivity contribution is 0.102. The number of carbonyl (C=O) groups excluding carboxylic acids is 1. The number of fused-ring (bicyclic) bond motifs is 1. The number of benzene rings is 2. The molecule has 0 fully saturated rings. The lowest BCUT2D eigenvalue weighted by Gasteiger charge is -2.16. The van der Waals surface area contributed by atoms with E-state index in [1.54, 1.807) is 55.2 Å². The molecule has 1 amide bonds. The third-order valence-corrected chi connectivity index (χ3v) is 6.81. The Labute approximate surface area is 244 Å². The van der Waals surface area contributed by atoms with E-state index in [-0.39, 0.29) is 17.3 Å². The zero-order chi connectivity index (χ0) is 30.2. The van der Waals surface area contributed by atoms with Gasteiger partial charge in [-0.05, 0) is 74.5 Å². The number of nitrogens with one attached hydrogen (secondary N) is 1. The fourth-order valence-electron chi connectivity index (χ4n) is 4.63. The van der Waals surface area contributed by atoms with Crippen molar-refractivity contribution in [2.75, 3.05) is 5.32 Å². The summed E-state index contributed by atoms with van der Waals surface area (Å²) in [5, 5.41) is 7.05. The zero-order valence-corrected chi connectivity index (χ0v) is 23.4. The normalized spacial score (nSPS) is 11.3. The number of aryl methyl sites for hydroxylation is 1. The Kier molecular flexibility index (Phi) is 6.94. The van der Waals surface area contributed by atoms with Crippen molar-refractivity contribution in [3.05, 3.63) is 124 Å². The van der Waals surface area contributed by atoms with Gasteiger partial charge in [0.1, 0.15) is 22.6 Å². The van der Waals surface area contributed by atoms with E-state index in [9.17, 15) is 18.8 Å².